The van der Waals surface area contributed by atoms with Gasteiger partial charge >= 0.3 is 11.9 Å². The Balaban J connectivity index is 1.47. The van der Waals surface area contributed by atoms with Crippen LogP contribution in [0.4, 0.5) is 10.2 Å². The van der Waals surface area contributed by atoms with Crippen molar-refractivity contribution in [1.29, 1.82) is 0 Å². The average Bonchev–Trinajstić information content (AvgIpc) is 3.58. The number of benzene rings is 1. The molecule has 1 saturated heterocycles. The summed E-state index contributed by atoms with van der Waals surface area (Å²) in [6.07, 6.45) is 2.63. The highest BCUT2D eigenvalue weighted by molar-refractivity contribution is 5.89. The quantitative estimate of drug-likeness (QED) is 0.455. The van der Waals surface area contributed by atoms with Crippen LogP contribution < -0.4 is 4.90 Å². The number of nitrogens with zero attached hydrogens (tertiary/aromatic N) is 5. The van der Waals surface area contributed by atoms with Crippen molar-refractivity contribution in [2.75, 3.05) is 18.6 Å². The molecule has 0 N–H and O–H groups in total. The molecular formula is C25H28FN5O5. The van der Waals surface area contributed by atoms with Crippen molar-refractivity contribution in [3.63, 3.8) is 0 Å². The highest BCUT2D eigenvalue weighted by Crippen LogP contribution is 2.51. The summed E-state index contributed by atoms with van der Waals surface area (Å²) in [6.45, 7) is 3.60. The normalized spacial score (nSPS) is 27.7. The van der Waals surface area contributed by atoms with E-state index in [1.165, 1.54) is 38.0 Å². The van der Waals surface area contributed by atoms with Gasteiger partial charge in [0.05, 0.1) is 11.9 Å². The number of esters is 2. The Morgan fingerprint density at radius 2 is 1.92 bits per heavy atom. The van der Waals surface area contributed by atoms with Crippen LogP contribution >= 0.6 is 0 Å². The van der Waals surface area contributed by atoms with E-state index in [0.717, 1.165) is 12.8 Å². The fraction of sp³-hybridized carbons (Fsp3) is 0.480. The Morgan fingerprint density at radius 3 is 2.58 bits per heavy atom. The molecule has 0 radical (unpaired) electrons. The van der Waals surface area contributed by atoms with Gasteiger partial charge in [-0.05, 0) is 38.8 Å². The second-order valence-electron chi connectivity index (χ2n) is 9.58. The predicted octanol–water partition coefficient (Wildman–Crippen LogP) is 3.23. The SMILES string of the molecule is CC(=O)O[C@@]1(C)[C@@H](COC(=O)c2ccccc2)O[C@H](n2cnc3c(N(C)C4CC4)ncnc32)[C@]1(C)F. The number of rotatable bonds is 7. The Kier molecular flexibility index (Phi) is 5.90. The fourth-order valence-electron chi connectivity index (χ4n) is 4.68. The Bertz CT molecular complexity index is 1290. The molecule has 1 aromatic carbocycles. The van der Waals surface area contributed by atoms with Gasteiger partial charge in [-0.2, -0.15) is 0 Å². The van der Waals surface area contributed by atoms with E-state index in [2.05, 4.69) is 15.0 Å². The molecule has 0 bridgehead atoms. The summed E-state index contributed by atoms with van der Waals surface area (Å²) >= 11 is 0. The van der Waals surface area contributed by atoms with E-state index in [1.807, 2.05) is 11.9 Å². The Hall–Kier alpha value is -3.60. The molecule has 2 aliphatic rings. The van der Waals surface area contributed by atoms with Gasteiger partial charge in [0.25, 0.3) is 0 Å². The van der Waals surface area contributed by atoms with Gasteiger partial charge in [0.2, 0.25) is 0 Å². The van der Waals surface area contributed by atoms with Crippen LogP contribution in [0.15, 0.2) is 43.0 Å². The summed E-state index contributed by atoms with van der Waals surface area (Å²) in [7, 11) is 1.94. The van der Waals surface area contributed by atoms with Crippen molar-refractivity contribution in [3.05, 3.63) is 48.5 Å². The topological polar surface area (TPSA) is 109 Å². The number of alkyl halides is 1. The van der Waals surface area contributed by atoms with Crippen LogP contribution in [-0.4, -0.2) is 68.5 Å². The number of hydrogen-bond donors (Lipinski definition) is 0. The minimum atomic E-state index is -2.23. The first-order valence-corrected chi connectivity index (χ1v) is 11.8. The average molecular weight is 498 g/mol. The van der Waals surface area contributed by atoms with Crippen molar-refractivity contribution in [2.24, 2.45) is 0 Å². The van der Waals surface area contributed by atoms with Crippen LogP contribution in [0.2, 0.25) is 0 Å². The smallest absolute Gasteiger partial charge is 0.338 e. The first-order chi connectivity index (χ1) is 17.1. The lowest BCUT2D eigenvalue weighted by Crippen LogP contribution is -2.55. The second-order valence-corrected chi connectivity index (χ2v) is 9.58. The van der Waals surface area contributed by atoms with Gasteiger partial charge in [-0.15, -0.1) is 0 Å². The van der Waals surface area contributed by atoms with E-state index in [-0.39, 0.29) is 6.61 Å². The fourth-order valence-corrected chi connectivity index (χ4v) is 4.68. The van der Waals surface area contributed by atoms with Crippen LogP contribution in [0.3, 0.4) is 0 Å². The van der Waals surface area contributed by atoms with Gasteiger partial charge in [0.1, 0.15) is 19.0 Å². The van der Waals surface area contributed by atoms with E-state index in [9.17, 15) is 9.59 Å². The molecule has 190 valence electrons. The molecule has 0 amide bonds. The third kappa shape index (κ3) is 3.97. The maximum absolute atomic E-state index is 16.6. The van der Waals surface area contributed by atoms with Crippen molar-refractivity contribution in [2.45, 2.75) is 63.3 Å². The minimum absolute atomic E-state index is 0.329. The van der Waals surface area contributed by atoms with Gasteiger partial charge in [0.15, 0.2) is 34.5 Å². The van der Waals surface area contributed by atoms with Crippen molar-refractivity contribution < 1.29 is 28.2 Å². The van der Waals surface area contributed by atoms with Gasteiger partial charge < -0.3 is 19.1 Å². The number of halogens is 1. The molecule has 1 saturated carbocycles. The van der Waals surface area contributed by atoms with E-state index >= 15 is 4.39 Å². The molecule has 3 heterocycles. The number of fused-ring (bicyclic) bond motifs is 1. The first-order valence-electron chi connectivity index (χ1n) is 11.8. The first kappa shape index (κ1) is 24.1. The molecule has 5 rings (SSSR count). The van der Waals surface area contributed by atoms with Crippen molar-refractivity contribution >= 4 is 28.9 Å². The van der Waals surface area contributed by atoms with Crippen LogP contribution in [-0.2, 0) is 19.0 Å². The monoisotopic (exact) mass is 497 g/mol. The van der Waals surface area contributed by atoms with Crippen LogP contribution in [0.1, 0.15) is 50.2 Å². The largest absolute Gasteiger partial charge is 0.459 e. The van der Waals surface area contributed by atoms with Crippen LogP contribution in [0.25, 0.3) is 11.2 Å². The molecule has 10 nitrogen and oxygen atoms in total. The molecule has 36 heavy (non-hydrogen) atoms. The summed E-state index contributed by atoms with van der Waals surface area (Å²) < 4.78 is 35.2. The zero-order chi connectivity index (χ0) is 25.7. The van der Waals surface area contributed by atoms with Gasteiger partial charge in [0, 0.05) is 20.0 Å². The highest BCUT2D eigenvalue weighted by Gasteiger charge is 2.66. The summed E-state index contributed by atoms with van der Waals surface area (Å²) in [5.41, 5.74) is -2.76. The molecule has 4 atom stereocenters. The van der Waals surface area contributed by atoms with E-state index in [4.69, 9.17) is 14.2 Å². The Labute approximate surface area is 207 Å². The lowest BCUT2D eigenvalue weighted by molar-refractivity contribution is -0.175. The standard InChI is InChI=1S/C25H28FN5O5/c1-15(32)36-25(3)18(12-34-22(33)16-8-6-5-7-9-16)35-23(24(25,2)26)31-14-29-19-20(27-13-28-21(19)31)30(4)17-10-11-17/h5-9,13-14,17-18,23H,10-12H2,1-4H3/t18-,23+,24+,25+/m1/s1. The van der Waals surface area contributed by atoms with Crippen LogP contribution in [0, 0.1) is 0 Å². The number of ether oxygens (including phenoxy) is 3. The van der Waals surface area contributed by atoms with Crippen molar-refractivity contribution in [3.8, 4) is 0 Å². The van der Waals surface area contributed by atoms with Crippen LogP contribution in [0.5, 0.6) is 0 Å². The van der Waals surface area contributed by atoms with E-state index in [0.29, 0.717) is 28.6 Å². The molecule has 0 unspecified atom stereocenters. The van der Waals surface area contributed by atoms with Gasteiger partial charge in [-0.25, -0.2) is 24.1 Å². The highest BCUT2D eigenvalue weighted by atomic mass is 19.1. The molecule has 1 aliphatic heterocycles. The number of imidazole rings is 1. The molecule has 3 aromatic rings. The molecule has 11 heteroatoms. The number of hydrogen-bond acceptors (Lipinski definition) is 9. The Morgan fingerprint density at radius 1 is 1.19 bits per heavy atom. The third-order valence-electron chi connectivity index (χ3n) is 7.09. The summed E-state index contributed by atoms with van der Waals surface area (Å²) in [5.74, 6) is -0.631. The molecule has 0 spiro atoms. The number of aromatic nitrogens is 4. The van der Waals surface area contributed by atoms with Gasteiger partial charge in [-0.1, -0.05) is 18.2 Å². The summed E-state index contributed by atoms with van der Waals surface area (Å²) in [5, 5.41) is 0. The number of carbonyl (C=O) groups is 2. The lowest BCUT2D eigenvalue weighted by atomic mass is 9.84. The van der Waals surface area contributed by atoms with Gasteiger partial charge in [-0.3, -0.25) is 9.36 Å². The maximum Gasteiger partial charge on any atom is 0.338 e. The zero-order valence-corrected chi connectivity index (χ0v) is 20.6. The zero-order valence-electron chi connectivity index (χ0n) is 20.6. The molecule has 2 fully saturated rings. The number of anilines is 1. The molecule has 2 aromatic heterocycles. The number of carbonyl (C=O) groups excluding carboxylic acids is 2. The maximum atomic E-state index is 16.6. The molecular weight excluding hydrogens is 469 g/mol. The minimum Gasteiger partial charge on any atom is -0.459 e. The molecule has 1 aliphatic carbocycles. The third-order valence-corrected chi connectivity index (χ3v) is 7.09. The second kappa shape index (κ2) is 8.81. The van der Waals surface area contributed by atoms with E-state index < -0.39 is 35.5 Å². The summed E-state index contributed by atoms with van der Waals surface area (Å²) in [4.78, 5) is 39.8. The lowest BCUT2D eigenvalue weighted by Gasteiger charge is -2.36. The van der Waals surface area contributed by atoms with E-state index in [1.54, 1.807) is 30.3 Å². The predicted molar refractivity (Wildman–Crippen MR) is 127 cm³/mol. The summed E-state index contributed by atoms with van der Waals surface area (Å²) in [6, 6.07) is 8.80. The van der Waals surface area contributed by atoms with Crippen molar-refractivity contribution in [1.82, 2.24) is 19.5 Å².